The fraction of sp³-hybridized carbons (Fsp3) is 0.611. The SMILES string of the molecule is Cc1cc(C(=O)N2Cc3nnn(C)c3C(COCC3CC3)C2)c(C)[nH]1. The number of fused-ring (bicyclic) bond motifs is 1. The molecule has 1 fully saturated rings. The molecule has 7 nitrogen and oxygen atoms in total. The number of aryl methyl sites for hydroxylation is 3. The lowest BCUT2D eigenvalue weighted by atomic mass is 9.98. The van der Waals surface area contributed by atoms with Gasteiger partial charge in [-0.3, -0.25) is 9.48 Å². The minimum absolute atomic E-state index is 0.0466. The summed E-state index contributed by atoms with van der Waals surface area (Å²) >= 11 is 0. The van der Waals surface area contributed by atoms with Crippen LogP contribution in [0.1, 0.15) is 51.9 Å². The van der Waals surface area contributed by atoms with Gasteiger partial charge in [-0.25, -0.2) is 0 Å². The van der Waals surface area contributed by atoms with Crippen LogP contribution in [-0.2, 0) is 18.3 Å². The molecule has 2 aliphatic rings. The maximum Gasteiger partial charge on any atom is 0.256 e. The summed E-state index contributed by atoms with van der Waals surface area (Å²) in [5, 5.41) is 8.43. The third-order valence-corrected chi connectivity index (χ3v) is 5.15. The summed E-state index contributed by atoms with van der Waals surface area (Å²) < 4.78 is 7.75. The van der Waals surface area contributed by atoms with Crippen LogP contribution in [0.4, 0.5) is 0 Å². The molecule has 1 aliphatic carbocycles. The Morgan fingerprint density at radius 1 is 1.36 bits per heavy atom. The molecule has 25 heavy (non-hydrogen) atoms. The standard InChI is InChI=1S/C18H25N5O2/c1-11-6-15(12(2)19-11)18(24)23-7-14(10-25-9-13-4-5-13)17-16(8-23)20-21-22(17)3/h6,13-14,19H,4-5,7-10H2,1-3H3. The van der Waals surface area contributed by atoms with E-state index >= 15 is 0 Å². The van der Waals surface area contributed by atoms with E-state index in [1.54, 1.807) is 0 Å². The van der Waals surface area contributed by atoms with E-state index in [0.29, 0.717) is 19.7 Å². The van der Waals surface area contributed by atoms with Gasteiger partial charge in [0.2, 0.25) is 0 Å². The molecule has 2 aromatic heterocycles. The molecule has 3 heterocycles. The number of hydrogen-bond acceptors (Lipinski definition) is 4. The lowest BCUT2D eigenvalue weighted by Crippen LogP contribution is -2.40. The quantitative estimate of drug-likeness (QED) is 0.900. The second kappa shape index (κ2) is 6.29. The zero-order chi connectivity index (χ0) is 17.6. The smallest absolute Gasteiger partial charge is 0.256 e. The van der Waals surface area contributed by atoms with E-state index in [9.17, 15) is 4.79 Å². The molecule has 4 rings (SSSR count). The first-order chi connectivity index (χ1) is 12.0. The van der Waals surface area contributed by atoms with Crippen molar-refractivity contribution in [2.45, 2.75) is 39.2 Å². The zero-order valence-electron chi connectivity index (χ0n) is 15.1. The number of nitrogens with zero attached hydrogens (tertiary/aromatic N) is 4. The molecule has 1 amide bonds. The highest BCUT2D eigenvalue weighted by Gasteiger charge is 2.34. The predicted molar refractivity (Wildman–Crippen MR) is 92.3 cm³/mol. The number of rotatable bonds is 5. The second-order valence-electron chi connectivity index (χ2n) is 7.40. The number of carbonyl (C=O) groups is 1. The van der Waals surface area contributed by atoms with Crippen LogP contribution in [0.25, 0.3) is 0 Å². The van der Waals surface area contributed by atoms with Gasteiger partial charge in [-0.05, 0) is 38.7 Å². The van der Waals surface area contributed by atoms with E-state index in [1.165, 1.54) is 12.8 Å². The van der Waals surface area contributed by atoms with Gasteiger partial charge >= 0.3 is 0 Å². The number of H-pyrrole nitrogens is 1. The number of aromatic nitrogens is 4. The number of aromatic amines is 1. The van der Waals surface area contributed by atoms with Crippen molar-refractivity contribution in [1.29, 1.82) is 0 Å². The van der Waals surface area contributed by atoms with E-state index in [4.69, 9.17) is 4.74 Å². The van der Waals surface area contributed by atoms with Crippen LogP contribution in [0.5, 0.6) is 0 Å². The summed E-state index contributed by atoms with van der Waals surface area (Å²) in [5.74, 6) is 0.896. The average Bonchev–Trinajstić information content (AvgIpc) is 3.24. The highest BCUT2D eigenvalue weighted by Crippen LogP contribution is 2.31. The Morgan fingerprint density at radius 3 is 2.84 bits per heavy atom. The van der Waals surface area contributed by atoms with E-state index in [0.717, 1.165) is 40.9 Å². The van der Waals surface area contributed by atoms with Crippen molar-refractivity contribution in [3.05, 3.63) is 34.4 Å². The molecular formula is C18H25N5O2. The Balaban J connectivity index is 1.54. The highest BCUT2D eigenvalue weighted by atomic mass is 16.5. The highest BCUT2D eigenvalue weighted by molar-refractivity contribution is 5.95. The molecule has 0 saturated heterocycles. The summed E-state index contributed by atoms with van der Waals surface area (Å²) in [7, 11) is 1.91. The van der Waals surface area contributed by atoms with Crippen LogP contribution in [0.15, 0.2) is 6.07 Å². The molecule has 0 bridgehead atoms. The van der Waals surface area contributed by atoms with Crippen LogP contribution in [-0.4, -0.2) is 50.5 Å². The van der Waals surface area contributed by atoms with Crippen molar-refractivity contribution in [2.24, 2.45) is 13.0 Å². The Hall–Kier alpha value is -2.15. The summed E-state index contributed by atoms with van der Waals surface area (Å²) in [6, 6.07) is 1.92. The topological polar surface area (TPSA) is 76.0 Å². The fourth-order valence-corrected chi connectivity index (χ4v) is 3.68. The van der Waals surface area contributed by atoms with E-state index in [1.807, 2.05) is 36.5 Å². The van der Waals surface area contributed by atoms with Gasteiger partial charge in [0.1, 0.15) is 5.69 Å². The van der Waals surface area contributed by atoms with Gasteiger partial charge in [-0.15, -0.1) is 5.10 Å². The zero-order valence-corrected chi connectivity index (χ0v) is 15.1. The summed E-state index contributed by atoms with van der Waals surface area (Å²) in [6.07, 6.45) is 2.56. The molecule has 0 aromatic carbocycles. The van der Waals surface area contributed by atoms with Crippen LogP contribution >= 0.6 is 0 Å². The average molecular weight is 343 g/mol. The Labute approximate surface area is 147 Å². The van der Waals surface area contributed by atoms with Crippen LogP contribution in [0, 0.1) is 19.8 Å². The summed E-state index contributed by atoms with van der Waals surface area (Å²) in [6.45, 7) is 6.48. The fourth-order valence-electron chi connectivity index (χ4n) is 3.68. The van der Waals surface area contributed by atoms with Crippen molar-refractivity contribution in [2.75, 3.05) is 19.8 Å². The first-order valence-corrected chi connectivity index (χ1v) is 8.94. The first-order valence-electron chi connectivity index (χ1n) is 8.94. The predicted octanol–water partition coefficient (Wildman–Crippen LogP) is 1.93. The van der Waals surface area contributed by atoms with Gasteiger partial charge < -0.3 is 14.6 Å². The van der Waals surface area contributed by atoms with E-state index in [-0.39, 0.29) is 11.8 Å². The molecule has 1 unspecified atom stereocenters. The minimum atomic E-state index is 0.0466. The van der Waals surface area contributed by atoms with Crippen LogP contribution in [0.3, 0.4) is 0 Å². The van der Waals surface area contributed by atoms with Crippen LogP contribution in [0.2, 0.25) is 0 Å². The third-order valence-electron chi connectivity index (χ3n) is 5.15. The number of hydrogen-bond donors (Lipinski definition) is 1. The summed E-state index contributed by atoms with van der Waals surface area (Å²) in [5.41, 5.74) is 4.63. The maximum atomic E-state index is 13.0. The Bertz CT molecular complexity index is 789. The lowest BCUT2D eigenvalue weighted by Gasteiger charge is -2.32. The normalized spacial score (nSPS) is 20.0. The molecule has 1 aliphatic heterocycles. The molecular weight excluding hydrogens is 318 g/mol. The number of amides is 1. The molecule has 1 atom stereocenters. The van der Waals surface area contributed by atoms with Crippen molar-refractivity contribution >= 4 is 5.91 Å². The van der Waals surface area contributed by atoms with E-state index < -0.39 is 0 Å². The van der Waals surface area contributed by atoms with Crippen molar-refractivity contribution in [3.63, 3.8) is 0 Å². The number of carbonyl (C=O) groups excluding carboxylic acids is 1. The monoisotopic (exact) mass is 343 g/mol. The number of ether oxygens (including phenoxy) is 1. The van der Waals surface area contributed by atoms with Gasteiger partial charge in [0, 0.05) is 37.5 Å². The van der Waals surface area contributed by atoms with Crippen molar-refractivity contribution < 1.29 is 9.53 Å². The summed E-state index contributed by atoms with van der Waals surface area (Å²) in [4.78, 5) is 18.1. The molecule has 0 radical (unpaired) electrons. The Morgan fingerprint density at radius 2 is 2.16 bits per heavy atom. The maximum absolute atomic E-state index is 13.0. The van der Waals surface area contributed by atoms with E-state index in [2.05, 4.69) is 15.3 Å². The lowest BCUT2D eigenvalue weighted by molar-refractivity contribution is 0.0617. The molecule has 7 heteroatoms. The van der Waals surface area contributed by atoms with Gasteiger partial charge in [0.25, 0.3) is 5.91 Å². The van der Waals surface area contributed by atoms with Gasteiger partial charge in [0.15, 0.2) is 0 Å². The third kappa shape index (κ3) is 3.20. The van der Waals surface area contributed by atoms with Gasteiger partial charge in [-0.2, -0.15) is 0 Å². The minimum Gasteiger partial charge on any atom is -0.380 e. The van der Waals surface area contributed by atoms with Crippen molar-refractivity contribution in [1.82, 2.24) is 24.9 Å². The molecule has 1 saturated carbocycles. The molecule has 1 N–H and O–H groups in total. The molecule has 2 aromatic rings. The second-order valence-corrected chi connectivity index (χ2v) is 7.40. The van der Waals surface area contributed by atoms with Crippen LogP contribution < -0.4 is 0 Å². The number of nitrogens with one attached hydrogen (secondary N) is 1. The largest absolute Gasteiger partial charge is 0.380 e. The molecule has 134 valence electrons. The first kappa shape index (κ1) is 16.3. The Kier molecular flexibility index (Phi) is 4.11. The van der Waals surface area contributed by atoms with Crippen molar-refractivity contribution in [3.8, 4) is 0 Å². The van der Waals surface area contributed by atoms with Gasteiger partial charge in [0.05, 0.1) is 24.4 Å². The van der Waals surface area contributed by atoms with Gasteiger partial charge in [-0.1, -0.05) is 5.21 Å². The molecule has 0 spiro atoms.